The fourth-order valence-corrected chi connectivity index (χ4v) is 4.38. The largest absolute Gasteiger partial charge is 0.480 e. The molecule has 0 unspecified atom stereocenters. The van der Waals surface area contributed by atoms with E-state index in [4.69, 9.17) is 16.7 Å². The standard InChI is InChI=1S/C12H11ClN2O4S2/c1-8-14-6-12(20-8)21(18,19)15(7-11(16)17)10-4-2-9(13)3-5-10/h2-6H,7H2,1H3,(H,16,17). The normalized spacial score (nSPS) is 11.3. The van der Waals surface area contributed by atoms with Crippen molar-refractivity contribution in [2.24, 2.45) is 0 Å². The molecular weight excluding hydrogens is 336 g/mol. The van der Waals surface area contributed by atoms with Crippen LogP contribution in [0.2, 0.25) is 5.02 Å². The highest BCUT2D eigenvalue weighted by Gasteiger charge is 2.28. The maximum absolute atomic E-state index is 12.6. The summed E-state index contributed by atoms with van der Waals surface area (Å²) in [7, 11) is -3.98. The molecule has 1 aromatic heterocycles. The minimum atomic E-state index is -3.98. The second-order valence-corrected chi connectivity index (χ2v) is 7.84. The molecule has 0 aliphatic rings. The quantitative estimate of drug-likeness (QED) is 0.898. The van der Waals surface area contributed by atoms with Gasteiger partial charge in [0.15, 0.2) is 4.21 Å². The van der Waals surface area contributed by atoms with E-state index in [9.17, 15) is 13.2 Å². The number of aliphatic carboxylic acids is 1. The zero-order valence-corrected chi connectivity index (χ0v) is 13.2. The molecule has 2 aromatic rings. The maximum Gasteiger partial charge on any atom is 0.324 e. The van der Waals surface area contributed by atoms with Gasteiger partial charge in [0.2, 0.25) is 0 Å². The van der Waals surface area contributed by atoms with Crippen molar-refractivity contribution in [3.8, 4) is 0 Å². The lowest BCUT2D eigenvalue weighted by atomic mass is 10.3. The summed E-state index contributed by atoms with van der Waals surface area (Å²) in [5.74, 6) is -1.25. The first kappa shape index (κ1) is 15.7. The number of carbonyl (C=O) groups is 1. The molecule has 0 radical (unpaired) electrons. The molecule has 0 atom stereocenters. The number of thiazole rings is 1. The minimum Gasteiger partial charge on any atom is -0.480 e. The van der Waals surface area contributed by atoms with Crippen molar-refractivity contribution in [3.63, 3.8) is 0 Å². The third-order valence-corrected chi connectivity index (χ3v) is 5.91. The topological polar surface area (TPSA) is 87.6 Å². The van der Waals surface area contributed by atoms with Gasteiger partial charge >= 0.3 is 5.97 Å². The monoisotopic (exact) mass is 346 g/mol. The van der Waals surface area contributed by atoms with Gasteiger partial charge in [-0.3, -0.25) is 9.10 Å². The number of anilines is 1. The summed E-state index contributed by atoms with van der Waals surface area (Å²) >= 11 is 6.75. The number of hydrogen-bond acceptors (Lipinski definition) is 5. The van der Waals surface area contributed by atoms with Crippen LogP contribution in [0.4, 0.5) is 5.69 Å². The Bertz CT molecular complexity index is 756. The summed E-state index contributed by atoms with van der Waals surface area (Å²) in [6.07, 6.45) is 1.22. The Labute approximate surface area is 130 Å². The van der Waals surface area contributed by atoms with E-state index in [-0.39, 0.29) is 9.90 Å². The Hall–Kier alpha value is -1.64. The third-order valence-electron chi connectivity index (χ3n) is 2.54. The van der Waals surface area contributed by atoms with E-state index in [0.717, 1.165) is 15.6 Å². The lowest BCUT2D eigenvalue weighted by Gasteiger charge is -2.21. The van der Waals surface area contributed by atoms with Crippen LogP contribution in [0.25, 0.3) is 0 Å². The van der Waals surface area contributed by atoms with E-state index >= 15 is 0 Å². The van der Waals surface area contributed by atoms with Crippen LogP contribution in [0.1, 0.15) is 5.01 Å². The molecule has 1 heterocycles. The molecule has 2 rings (SSSR count). The van der Waals surface area contributed by atoms with E-state index in [1.807, 2.05) is 0 Å². The molecule has 112 valence electrons. The first-order valence-corrected chi connectivity index (χ1v) is 8.36. The molecule has 0 amide bonds. The van der Waals surface area contributed by atoms with Crippen molar-refractivity contribution in [1.82, 2.24) is 4.98 Å². The molecule has 0 fully saturated rings. The van der Waals surface area contributed by atoms with Crippen LogP contribution in [0.15, 0.2) is 34.7 Å². The molecule has 21 heavy (non-hydrogen) atoms. The fourth-order valence-electron chi connectivity index (χ4n) is 1.61. The Morgan fingerprint density at radius 1 is 1.38 bits per heavy atom. The summed E-state index contributed by atoms with van der Waals surface area (Å²) < 4.78 is 25.9. The Morgan fingerprint density at radius 2 is 2.00 bits per heavy atom. The molecule has 1 N–H and O–H groups in total. The van der Waals surface area contributed by atoms with Gasteiger partial charge in [-0.15, -0.1) is 11.3 Å². The van der Waals surface area contributed by atoms with E-state index < -0.39 is 22.5 Å². The Balaban J connectivity index is 2.49. The molecule has 9 heteroatoms. The van der Waals surface area contributed by atoms with Crippen molar-refractivity contribution >= 4 is 44.6 Å². The first-order valence-electron chi connectivity index (χ1n) is 5.73. The van der Waals surface area contributed by atoms with E-state index in [1.165, 1.54) is 30.5 Å². The molecule has 6 nitrogen and oxygen atoms in total. The summed E-state index contributed by atoms with van der Waals surface area (Å²) in [5, 5.41) is 9.98. The van der Waals surface area contributed by atoms with E-state index in [2.05, 4.69) is 4.98 Å². The number of hydrogen-bond donors (Lipinski definition) is 1. The molecule has 0 spiro atoms. The number of aromatic nitrogens is 1. The average Bonchev–Trinajstić information content (AvgIpc) is 2.84. The van der Waals surface area contributed by atoms with Crippen LogP contribution in [-0.4, -0.2) is 31.0 Å². The summed E-state index contributed by atoms with van der Waals surface area (Å²) in [6, 6.07) is 5.91. The van der Waals surface area contributed by atoms with Gasteiger partial charge in [0, 0.05) is 5.02 Å². The molecule has 0 aliphatic heterocycles. The summed E-state index contributed by atoms with van der Waals surface area (Å²) in [6.45, 7) is 0.994. The fraction of sp³-hybridized carbons (Fsp3) is 0.167. The van der Waals surface area contributed by atoms with E-state index in [1.54, 1.807) is 6.92 Å². The maximum atomic E-state index is 12.6. The first-order chi connectivity index (χ1) is 9.80. The molecule has 0 saturated heterocycles. The predicted molar refractivity (Wildman–Crippen MR) is 80.5 cm³/mol. The molecular formula is C12H11ClN2O4S2. The van der Waals surface area contributed by atoms with Gasteiger partial charge in [-0.2, -0.15) is 0 Å². The van der Waals surface area contributed by atoms with Gasteiger partial charge in [0.05, 0.1) is 16.9 Å². The number of carboxylic acids is 1. The van der Waals surface area contributed by atoms with Gasteiger partial charge in [0.25, 0.3) is 10.0 Å². The predicted octanol–water partition coefficient (Wildman–Crippen LogP) is 2.38. The van der Waals surface area contributed by atoms with Crippen LogP contribution >= 0.6 is 22.9 Å². The molecule has 0 saturated carbocycles. The smallest absolute Gasteiger partial charge is 0.324 e. The van der Waals surface area contributed by atoms with Crippen molar-refractivity contribution in [3.05, 3.63) is 40.5 Å². The van der Waals surface area contributed by atoms with Gasteiger partial charge < -0.3 is 5.11 Å². The number of halogens is 1. The van der Waals surface area contributed by atoms with Gasteiger partial charge in [-0.05, 0) is 31.2 Å². The molecule has 0 aliphatic carbocycles. The summed E-state index contributed by atoms with van der Waals surface area (Å²) in [4.78, 5) is 14.9. The van der Waals surface area contributed by atoms with Gasteiger partial charge in [0.1, 0.15) is 6.54 Å². The third kappa shape index (κ3) is 3.52. The average molecular weight is 347 g/mol. The minimum absolute atomic E-state index is 0.00352. The number of aryl methyl sites for hydroxylation is 1. The van der Waals surface area contributed by atoms with Gasteiger partial charge in [-0.1, -0.05) is 11.6 Å². The number of nitrogens with zero attached hydrogens (tertiary/aromatic N) is 2. The second-order valence-electron chi connectivity index (χ2n) is 4.08. The van der Waals surface area contributed by atoms with Crippen molar-refractivity contribution in [2.75, 3.05) is 10.8 Å². The zero-order valence-electron chi connectivity index (χ0n) is 10.9. The molecule has 1 aromatic carbocycles. The highest BCUT2D eigenvalue weighted by atomic mass is 35.5. The highest BCUT2D eigenvalue weighted by Crippen LogP contribution is 2.27. The summed E-state index contributed by atoms with van der Waals surface area (Å²) in [5.41, 5.74) is 0.229. The van der Waals surface area contributed by atoms with Crippen molar-refractivity contribution < 1.29 is 18.3 Å². The number of sulfonamides is 1. The number of carboxylic acid groups (broad SMARTS) is 1. The lowest BCUT2D eigenvalue weighted by Crippen LogP contribution is -2.35. The van der Waals surface area contributed by atoms with Crippen LogP contribution in [0, 0.1) is 6.92 Å². The van der Waals surface area contributed by atoms with Crippen LogP contribution in [0.3, 0.4) is 0 Å². The SMILES string of the molecule is Cc1ncc(S(=O)(=O)N(CC(=O)O)c2ccc(Cl)cc2)s1. The van der Waals surface area contributed by atoms with Crippen LogP contribution < -0.4 is 4.31 Å². The highest BCUT2D eigenvalue weighted by molar-refractivity contribution is 7.94. The number of benzene rings is 1. The van der Waals surface area contributed by atoms with Gasteiger partial charge in [-0.25, -0.2) is 13.4 Å². The number of rotatable bonds is 5. The van der Waals surface area contributed by atoms with Crippen LogP contribution in [-0.2, 0) is 14.8 Å². The van der Waals surface area contributed by atoms with Crippen molar-refractivity contribution in [2.45, 2.75) is 11.1 Å². The van der Waals surface area contributed by atoms with E-state index in [0.29, 0.717) is 10.0 Å². The second kappa shape index (κ2) is 6.00. The van der Waals surface area contributed by atoms with Crippen LogP contribution in [0.5, 0.6) is 0 Å². The molecule has 0 bridgehead atoms. The zero-order chi connectivity index (χ0) is 15.6. The Kier molecular flexibility index (Phi) is 4.50. The lowest BCUT2D eigenvalue weighted by molar-refractivity contribution is -0.135. The Morgan fingerprint density at radius 3 is 2.48 bits per heavy atom. The van der Waals surface area contributed by atoms with Crippen molar-refractivity contribution in [1.29, 1.82) is 0 Å².